The number of nitrogens with one attached hydrogen (secondary N) is 2. The molecule has 1 aliphatic heterocycles. The van der Waals surface area contributed by atoms with Crippen LogP contribution in [0.25, 0.3) is 0 Å². The van der Waals surface area contributed by atoms with Gasteiger partial charge in [-0.3, -0.25) is 0 Å². The van der Waals surface area contributed by atoms with Gasteiger partial charge in [0.2, 0.25) is 10.0 Å². The molecule has 10 nitrogen and oxygen atoms in total. The number of aryl methyl sites for hydroxylation is 1. The third kappa shape index (κ3) is 5.16. The van der Waals surface area contributed by atoms with Crippen molar-refractivity contribution in [3.63, 3.8) is 0 Å². The molecule has 1 aromatic carbocycles. The van der Waals surface area contributed by atoms with Gasteiger partial charge in [0.1, 0.15) is 22.1 Å². The first kappa shape index (κ1) is 26.6. The largest absolute Gasteiger partial charge is 0.504 e. The van der Waals surface area contributed by atoms with Gasteiger partial charge in [-0.15, -0.1) is 4.40 Å². The van der Waals surface area contributed by atoms with E-state index >= 15 is 0 Å². The highest BCUT2D eigenvalue weighted by molar-refractivity contribution is 7.94. The van der Waals surface area contributed by atoms with Crippen LogP contribution >= 0.6 is 0 Å². The second-order valence-electron chi connectivity index (χ2n) is 7.74. The van der Waals surface area contributed by atoms with Gasteiger partial charge >= 0.3 is 6.18 Å². The van der Waals surface area contributed by atoms with Crippen molar-refractivity contribution in [3.05, 3.63) is 52.5 Å². The van der Waals surface area contributed by atoms with Gasteiger partial charge < -0.3 is 20.2 Å². The zero-order valence-corrected chi connectivity index (χ0v) is 20.6. The molecule has 0 saturated carbocycles. The fourth-order valence-electron chi connectivity index (χ4n) is 3.29. The highest BCUT2D eigenvalue weighted by atomic mass is 32.2. The van der Waals surface area contributed by atoms with Gasteiger partial charge in [0.05, 0.1) is 11.7 Å². The molecule has 35 heavy (non-hydrogen) atoms. The number of alkyl halides is 3. The zero-order chi connectivity index (χ0) is 26.3. The van der Waals surface area contributed by atoms with Gasteiger partial charge in [-0.05, 0) is 37.6 Å². The minimum Gasteiger partial charge on any atom is -0.504 e. The predicted octanol–water partition coefficient (Wildman–Crippen LogP) is 3.21. The molecule has 2 heterocycles. The monoisotopic (exact) mass is 536 g/mol. The van der Waals surface area contributed by atoms with Crippen LogP contribution in [0, 0.1) is 6.92 Å². The van der Waals surface area contributed by atoms with E-state index in [1.165, 1.54) is 20.2 Å². The van der Waals surface area contributed by atoms with Crippen LogP contribution in [-0.4, -0.2) is 52.4 Å². The second kappa shape index (κ2) is 9.20. The molecular formula is C20H23F3N4O6S2. The summed E-state index contributed by atoms with van der Waals surface area (Å²) in [5.74, 6) is -0.687. The zero-order valence-electron chi connectivity index (χ0n) is 19.0. The Morgan fingerprint density at radius 3 is 2.37 bits per heavy atom. The van der Waals surface area contributed by atoms with Gasteiger partial charge in [-0.1, -0.05) is 13.0 Å². The number of rotatable bonds is 7. The third-order valence-electron chi connectivity index (χ3n) is 5.03. The lowest BCUT2D eigenvalue weighted by molar-refractivity contribution is -0.0847. The van der Waals surface area contributed by atoms with E-state index in [2.05, 4.69) is 15.0 Å². The maximum absolute atomic E-state index is 13.8. The third-order valence-corrected chi connectivity index (χ3v) is 8.25. The molecule has 0 bridgehead atoms. The van der Waals surface area contributed by atoms with Crippen LogP contribution in [0.15, 0.2) is 54.6 Å². The number of anilines is 1. The number of aromatic hydroxyl groups is 1. The van der Waals surface area contributed by atoms with Crippen LogP contribution in [0.3, 0.4) is 0 Å². The van der Waals surface area contributed by atoms with Crippen molar-refractivity contribution in [2.45, 2.75) is 37.4 Å². The van der Waals surface area contributed by atoms with Crippen molar-refractivity contribution >= 4 is 31.6 Å². The van der Waals surface area contributed by atoms with E-state index in [9.17, 15) is 35.1 Å². The van der Waals surface area contributed by atoms with Gasteiger partial charge in [0.25, 0.3) is 10.0 Å². The van der Waals surface area contributed by atoms with Crippen LogP contribution < -0.4 is 10.6 Å². The van der Waals surface area contributed by atoms with Gasteiger partial charge in [-0.25, -0.2) is 12.7 Å². The maximum Gasteiger partial charge on any atom is 0.431 e. The summed E-state index contributed by atoms with van der Waals surface area (Å²) in [7, 11) is -6.94. The van der Waals surface area contributed by atoms with E-state index in [4.69, 9.17) is 4.42 Å². The first-order valence-corrected chi connectivity index (χ1v) is 13.0. The van der Waals surface area contributed by atoms with Crippen molar-refractivity contribution in [2.24, 2.45) is 4.40 Å². The number of para-hydroxylation sites is 1. The van der Waals surface area contributed by atoms with E-state index in [1.807, 2.05) is 0 Å². The molecule has 0 radical (unpaired) electrons. The van der Waals surface area contributed by atoms with E-state index in [0.29, 0.717) is 17.9 Å². The Balaban J connectivity index is 2.13. The Hall–Kier alpha value is -3.04. The minimum absolute atomic E-state index is 0.294. The predicted molar refractivity (Wildman–Crippen MR) is 122 cm³/mol. The number of sulfonamides is 2. The van der Waals surface area contributed by atoms with Gasteiger partial charge in [0, 0.05) is 14.1 Å². The van der Waals surface area contributed by atoms with Crippen LogP contribution in [0.4, 0.5) is 18.9 Å². The van der Waals surface area contributed by atoms with E-state index in [1.54, 1.807) is 26.0 Å². The van der Waals surface area contributed by atoms with E-state index < -0.39 is 65.0 Å². The highest BCUT2D eigenvalue weighted by Gasteiger charge is 2.50. The molecule has 15 heteroatoms. The lowest BCUT2D eigenvalue weighted by Gasteiger charge is -2.20. The number of nitrogens with zero attached hydrogens (tertiary/aromatic N) is 2. The quantitative estimate of drug-likeness (QED) is 0.458. The topological polar surface area (TPSA) is 141 Å². The molecule has 0 spiro atoms. The molecule has 2 aromatic rings. The summed E-state index contributed by atoms with van der Waals surface area (Å²) in [5.41, 5.74) is -1.47. The summed E-state index contributed by atoms with van der Waals surface area (Å²) in [6.45, 7) is 3.36. The number of benzene rings is 1. The summed E-state index contributed by atoms with van der Waals surface area (Å²) < 4.78 is 101. The maximum atomic E-state index is 13.8. The molecule has 192 valence electrons. The summed E-state index contributed by atoms with van der Waals surface area (Å²) >= 11 is 0. The van der Waals surface area contributed by atoms with Crippen molar-refractivity contribution < 1.29 is 39.5 Å². The first-order chi connectivity index (χ1) is 16.1. The van der Waals surface area contributed by atoms with E-state index in [-0.39, 0.29) is 0 Å². The van der Waals surface area contributed by atoms with Crippen LogP contribution in [-0.2, 0) is 20.0 Å². The number of hydrogen-bond donors (Lipinski definition) is 3. The minimum atomic E-state index is -5.35. The summed E-state index contributed by atoms with van der Waals surface area (Å²) in [6, 6.07) is 5.82. The first-order valence-electron chi connectivity index (χ1n) is 10.1. The van der Waals surface area contributed by atoms with Gasteiger partial charge in [-0.2, -0.15) is 21.6 Å². The molecule has 1 atom stereocenters. The molecule has 3 N–H and O–H groups in total. The molecule has 0 aliphatic carbocycles. The Morgan fingerprint density at radius 1 is 1.20 bits per heavy atom. The summed E-state index contributed by atoms with van der Waals surface area (Å²) in [4.78, 5) is -2.58. The summed E-state index contributed by atoms with van der Waals surface area (Å²) in [6.07, 6.45) is -5.05. The number of phenols is 1. The van der Waals surface area contributed by atoms with E-state index in [0.717, 1.165) is 16.4 Å². The SMILES string of the molecule is CC[C@@H](NC1=NS(=O)(=O)C(C(F)(F)F)=C1Nc1cccc(S(=O)(=O)N(C)C)c1O)c1ccc(C)o1. The number of halogens is 3. The van der Waals surface area contributed by atoms with Crippen molar-refractivity contribution in [3.8, 4) is 5.75 Å². The standard InChI is InChI=1S/C20H23F3N4O6S2/c1-5-12(14-10-9-11(2)33-14)25-19-16(18(20(21,22)23)34(29,30)26-19)24-13-7-6-8-15(17(13)28)35(31,32)27(3)4/h6-10,12,24,28H,5H2,1-4H3,(H,25,26)/t12-/m1/s1. The molecule has 1 aromatic heterocycles. The Bertz CT molecular complexity index is 1410. The average molecular weight is 537 g/mol. The Morgan fingerprint density at radius 2 is 1.86 bits per heavy atom. The summed E-state index contributed by atoms with van der Waals surface area (Å²) in [5, 5.41) is 15.4. The van der Waals surface area contributed by atoms with Crippen molar-refractivity contribution in [2.75, 3.05) is 19.4 Å². The van der Waals surface area contributed by atoms with Crippen LogP contribution in [0.2, 0.25) is 0 Å². The number of allylic oxidation sites excluding steroid dienone is 1. The second-order valence-corrected chi connectivity index (χ2v) is 11.4. The van der Waals surface area contributed by atoms with Gasteiger partial charge in [0.15, 0.2) is 16.5 Å². The molecular weight excluding hydrogens is 513 g/mol. The van der Waals surface area contributed by atoms with Crippen molar-refractivity contribution in [1.29, 1.82) is 0 Å². The van der Waals surface area contributed by atoms with Crippen LogP contribution in [0.1, 0.15) is 30.9 Å². The molecule has 1 aliphatic rings. The van der Waals surface area contributed by atoms with Crippen molar-refractivity contribution in [1.82, 2.24) is 9.62 Å². The fourth-order valence-corrected chi connectivity index (χ4v) is 5.47. The molecule has 0 unspecified atom stereocenters. The van der Waals surface area contributed by atoms with Crippen LogP contribution in [0.5, 0.6) is 5.75 Å². The smallest absolute Gasteiger partial charge is 0.431 e. The Kier molecular flexibility index (Phi) is 6.98. The lowest BCUT2D eigenvalue weighted by atomic mass is 10.1. The number of furan rings is 1. The average Bonchev–Trinajstić information content (AvgIpc) is 3.26. The molecule has 0 fully saturated rings. The number of phenolic OH excluding ortho intramolecular Hbond substituents is 1. The lowest BCUT2D eigenvalue weighted by Crippen LogP contribution is -2.32. The number of amidine groups is 1. The highest BCUT2D eigenvalue weighted by Crippen LogP contribution is 2.40. The Labute approximate surface area is 200 Å². The normalized spacial score (nSPS) is 17.0. The molecule has 0 saturated heterocycles. The number of hydrogen-bond acceptors (Lipinski definition) is 8. The fraction of sp³-hybridized carbons (Fsp3) is 0.350. The molecule has 3 rings (SSSR count). The molecule has 0 amide bonds.